The van der Waals surface area contributed by atoms with Gasteiger partial charge in [-0.3, -0.25) is 0 Å². The van der Waals surface area contributed by atoms with Crippen molar-refractivity contribution in [3.63, 3.8) is 0 Å². The molecule has 0 aliphatic heterocycles. The molecule has 168 valence electrons. The molecule has 0 atom stereocenters. The van der Waals surface area contributed by atoms with Crippen molar-refractivity contribution >= 4 is 22.1 Å². The highest BCUT2D eigenvalue weighted by atomic mass is 19.1. The second-order valence-electron chi connectivity index (χ2n) is 7.85. The summed E-state index contributed by atoms with van der Waals surface area (Å²) in [6, 6.07) is 10.7. The van der Waals surface area contributed by atoms with Gasteiger partial charge in [0.05, 0.1) is 25.3 Å². The normalized spacial score (nSPS) is 11.3. The Bertz CT molecular complexity index is 1460. The average Bonchev–Trinajstić information content (AvgIpc) is 3.41. The molecule has 0 radical (unpaired) electrons. The molecule has 0 spiro atoms. The quantitative estimate of drug-likeness (QED) is 0.364. The maximum Gasteiger partial charge on any atom is 0.164 e. The zero-order valence-corrected chi connectivity index (χ0v) is 18.5. The van der Waals surface area contributed by atoms with E-state index in [1.807, 2.05) is 37.4 Å². The van der Waals surface area contributed by atoms with Crippen LogP contribution in [0, 0.1) is 12.7 Å². The van der Waals surface area contributed by atoms with Crippen LogP contribution in [0.3, 0.4) is 0 Å². The van der Waals surface area contributed by atoms with Gasteiger partial charge in [-0.15, -0.1) is 0 Å². The number of nitrogens with one attached hydrogen (secondary N) is 2. The molecule has 7 nitrogen and oxygen atoms in total. The predicted molar refractivity (Wildman–Crippen MR) is 124 cm³/mol. The van der Waals surface area contributed by atoms with Crippen LogP contribution in [0.15, 0.2) is 48.8 Å². The molecule has 3 aromatic heterocycles. The van der Waals surface area contributed by atoms with Gasteiger partial charge in [0.15, 0.2) is 11.5 Å². The molecular weight excluding hydrogens is 423 g/mol. The van der Waals surface area contributed by atoms with Gasteiger partial charge in [-0.2, -0.15) is 0 Å². The molecule has 0 fully saturated rings. The molecule has 2 N–H and O–H groups in total. The number of methoxy groups -OCH3 is 2. The number of aromatic nitrogens is 4. The van der Waals surface area contributed by atoms with E-state index in [2.05, 4.69) is 19.9 Å². The van der Waals surface area contributed by atoms with Gasteiger partial charge in [-0.25, -0.2) is 14.4 Å². The molecule has 5 aromatic rings. The third-order valence-corrected chi connectivity index (χ3v) is 5.57. The second-order valence-corrected chi connectivity index (χ2v) is 7.85. The minimum atomic E-state index is -0.366. The van der Waals surface area contributed by atoms with Crippen LogP contribution in [0.4, 0.5) is 4.39 Å². The molecule has 2 aromatic carbocycles. The number of hydrogen-bond donors (Lipinski definition) is 2. The van der Waals surface area contributed by atoms with E-state index in [0.717, 1.165) is 38.9 Å². The Morgan fingerprint density at radius 1 is 1.00 bits per heavy atom. The third kappa shape index (κ3) is 4.07. The number of aromatic amines is 2. The number of H-pyrrole nitrogens is 2. The summed E-state index contributed by atoms with van der Waals surface area (Å²) in [7, 11) is 3.15. The maximum absolute atomic E-state index is 15.0. The fourth-order valence-electron chi connectivity index (χ4n) is 3.88. The monoisotopic (exact) mass is 446 g/mol. The zero-order valence-electron chi connectivity index (χ0n) is 18.5. The van der Waals surface area contributed by atoms with E-state index in [9.17, 15) is 0 Å². The lowest BCUT2D eigenvalue weighted by atomic mass is 10.0. The fraction of sp³-hybridized carbons (Fsp3) is 0.200. The summed E-state index contributed by atoms with van der Waals surface area (Å²) in [5, 5.41) is 0.982. The number of nitrogens with zero attached hydrogens (tertiary/aromatic N) is 2. The molecule has 0 aliphatic carbocycles. The fourth-order valence-corrected chi connectivity index (χ4v) is 3.88. The van der Waals surface area contributed by atoms with Crippen molar-refractivity contribution in [1.29, 1.82) is 0 Å². The number of rotatable bonds is 7. The smallest absolute Gasteiger partial charge is 0.164 e. The maximum atomic E-state index is 15.0. The van der Waals surface area contributed by atoms with E-state index < -0.39 is 0 Å². The number of halogens is 1. The molecule has 0 saturated carbocycles. The Balaban J connectivity index is 1.38. The van der Waals surface area contributed by atoms with Gasteiger partial charge in [0.25, 0.3) is 0 Å². The molecule has 33 heavy (non-hydrogen) atoms. The summed E-state index contributed by atoms with van der Waals surface area (Å²) in [4.78, 5) is 15.2. The van der Waals surface area contributed by atoms with Crippen molar-refractivity contribution in [1.82, 2.24) is 19.9 Å². The summed E-state index contributed by atoms with van der Waals surface area (Å²) >= 11 is 0. The van der Waals surface area contributed by atoms with Crippen LogP contribution in [0.5, 0.6) is 17.2 Å². The van der Waals surface area contributed by atoms with Gasteiger partial charge >= 0.3 is 0 Å². The van der Waals surface area contributed by atoms with Crippen LogP contribution < -0.4 is 14.2 Å². The summed E-state index contributed by atoms with van der Waals surface area (Å²) in [6.07, 6.45) is 4.07. The number of ether oxygens (including phenoxy) is 3. The molecular formula is C25H23FN4O3. The Labute approximate surface area is 189 Å². The van der Waals surface area contributed by atoms with Gasteiger partial charge < -0.3 is 24.2 Å². The molecule has 0 amide bonds. The highest BCUT2D eigenvalue weighted by molar-refractivity contribution is 5.80. The second kappa shape index (κ2) is 8.46. The van der Waals surface area contributed by atoms with Crippen LogP contribution in [0.2, 0.25) is 0 Å². The van der Waals surface area contributed by atoms with Crippen LogP contribution in [0.1, 0.15) is 22.5 Å². The highest BCUT2D eigenvalue weighted by Gasteiger charge is 2.15. The van der Waals surface area contributed by atoms with Gasteiger partial charge in [0.1, 0.15) is 29.6 Å². The SMILES string of the molecule is COc1ccc2nc(COc3cc(F)c(Cc4c[nH]c5ncc(C)cc45)cc3OC)[nH]c2c1. The molecule has 0 saturated heterocycles. The molecule has 8 heteroatoms. The van der Waals surface area contributed by atoms with E-state index in [0.29, 0.717) is 29.3 Å². The van der Waals surface area contributed by atoms with Gasteiger partial charge in [0.2, 0.25) is 0 Å². The first-order valence-electron chi connectivity index (χ1n) is 10.5. The van der Waals surface area contributed by atoms with Crippen molar-refractivity contribution in [3.8, 4) is 17.2 Å². The predicted octanol–water partition coefficient (Wildman–Crippen LogP) is 5.07. The molecule has 0 unspecified atom stereocenters. The first-order valence-corrected chi connectivity index (χ1v) is 10.5. The first-order chi connectivity index (χ1) is 16.0. The largest absolute Gasteiger partial charge is 0.497 e. The Kier molecular flexibility index (Phi) is 5.34. The van der Waals surface area contributed by atoms with Crippen LogP contribution in [-0.2, 0) is 13.0 Å². The summed E-state index contributed by atoms with van der Waals surface area (Å²) in [5.74, 6) is 1.76. The Morgan fingerprint density at radius 3 is 2.70 bits per heavy atom. The van der Waals surface area contributed by atoms with E-state index >= 15 is 4.39 Å². The van der Waals surface area contributed by atoms with Gasteiger partial charge in [-0.05, 0) is 47.9 Å². The minimum Gasteiger partial charge on any atom is -0.497 e. The van der Waals surface area contributed by atoms with Crippen molar-refractivity contribution in [2.24, 2.45) is 0 Å². The first kappa shape index (κ1) is 20.8. The van der Waals surface area contributed by atoms with Crippen LogP contribution in [-0.4, -0.2) is 34.2 Å². The number of pyridine rings is 1. The van der Waals surface area contributed by atoms with Crippen molar-refractivity contribution in [2.75, 3.05) is 14.2 Å². The van der Waals surface area contributed by atoms with Gasteiger partial charge in [0, 0.05) is 36.3 Å². The molecule has 0 bridgehead atoms. The summed E-state index contributed by atoms with van der Waals surface area (Å²) < 4.78 is 31.6. The summed E-state index contributed by atoms with van der Waals surface area (Å²) in [5.41, 5.74) is 4.95. The number of fused-ring (bicyclic) bond motifs is 2. The lowest BCUT2D eigenvalue weighted by Crippen LogP contribution is -2.02. The lowest BCUT2D eigenvalue weighted by molar-refractivity contribution is 0.275. The number of aryl methyl sites for hydroxylation is 1. The summed E-state index contributed by atoms with van der Waals surface area (Å²) in [6.45, 7) is 2.12. The standard InChI is InChI=1S/C25H23FN4O3/c1-14-6-18-16(12-28-25(18)27-11-14)7-15-8-22(32-3)23(10-19(15)26)33-13-24-29-20-5-4-17(31-2)9-21(20)30-24/h4-6,8-12H,7,13H2,1-3H3,(H,27,28)(H,29,30). The van der Waals surface area contributed by atoms with Crippen LogP contribution in [0.25, 0.3) is 22.1 Å². The third-order valence-electron chi connectivity index (χ3n) is 5.57. The van der Waals surface area contributed by atoms with Crippen molar-refractivity contribution in [2.45, 2.75) is 20.0 Å². The van der Waals surface area contributed by atoms with Gasteiger partial charge in [-0.1, -0.05) is 0 Å². The molecule has 5 rings (SSSR count). The zero-order chi connectivity index (χ0) is 22.9. The Morgan fingerprint density at radius 2 is 1.88 bits per heavy atom. The minimum absolute atomic E-state index is 0.138. The van der Waals surface area contributed by atoms with E-state index in [1.165, 1.54) is 13.2 Å². The van der Waals surface area contributed by atoms with Crippen molar-refractivity contribution < 1.29 is 18.6 Å². The number of imidazole rings is 1. The Hall–Kier alpha value is -4.07. The molecule has 0 aliphatic rings. The van der Waals surface area contributed by atoms with E-state index in [1.54, 1.807) is 19.4 Å². The lowest BCUT2D eigenvalue weighted by Gasteiger charge is -2.12. The average molecular weight is 446 g/mol. The number of hydrogen-bond acceptors (Lipinski definition) is 5. The molecule has 3 heterocycles. The van der Waals surface area contributed by atoms with Crippen LogP contribution >= 0.6 is 0 Å². The topological polar surface area (TPSA) is 85.1 Å². The van der Waals surface area contributed by atoms with E-state index in [4.69, 9.17) is 14.2 Å². The number of benzene rings is 2. The van der Waals surface area contributed by atoms with Crippen molar-refractivity contribution in [3.05, 3.63) is 77.1 Å². The van der Waals surface area contributed by atoms with E-state index in [-0.39, 0.29) is 12.4 Å². The highest BCUT2D eigenvalue weighted by Crippen LogP contribution is 2.33.